The van der Waals surface area contributed by atoms with Crippen LogP contribution in [0.1, 0.15) is 21.7 Å². The second-order valence-electron chi connectivity index (χ2n) is 6.72. The molecule has 148 valence electrons. The molecule has 5 aromatic rings. The van der Waals surface area contributed by atoms with Gasteiger partial charge in [-0.15, -0.1) is 0 Å². The minimum atomic E-state index is -0.957. The van der Waals surface area contributed by atoms with E-state index in [1.165, 1.54) is 23.0 Å². The van der Waals surface area contributed by atoms with E-state index in [9.17, 15) is 18.4 Å². The van der Waals surface area contributed by atoms with E-state index in [0.29, 0.717) is 11.5 Å². The summed E-state index contributed by atoms with van der Waals surface area (Å²) < 4.78 is 29.4. The van der Waals surface area contributed by atoms with Crippen LogP contribution in [0.25, 0.3) is 22.1 Å². The summed E-state index contributed by atoms with van der Waals surface area (Å²) >= 11 is 0. The Labute approximate surface area is 167 Å². The van der Waals surface area contributed by atoms with Gasteiger partial charge < -0.3 is 14.5 Å². The summed E-state index contributed by atoms with van der Waals surface area (Å²) in [6.07, 6.45) is 4.42. The van der Waals surface area contributed by atoms with Crippen LogP contribution >= 0.6 is 0 Å². The van der Waals surface area contributed by atoms with E-state index < -0.39 is 28.5 Å². The third-order valence-corrected chi connectivity index (χ3v) is 4.88. The molecule has 7 nitrogen and oxygen atoms in total. The fraction of sp³-hybridized carbons (Fsp3) is 0.0476. The maximum atomic E-state index is 14.0. The van der Waals surface area contributed by atoms with Gasteiger partial charge in [0.1, 0.15) is 23.0 Å². The van der Waals surface area contributed by atoms with Crippen molar-refractivity contribution in [3.05, 3.63) is 93.9 Å². The normalized spacial score (nSPS) is 11.4. The molecule has 0 aliphatic heterocycles. The van der Waals surface area contributed by atoms with Crippen molar-refractivity contribution < 1.29 is 13.6 Å². The van der Waals surface area contributed by atoms with E-state index in [-0.39, 0.29) is 23.0 Å². The van der Waals surface area contributed by atoms with E-state index in [0.717, 1.165) is 17.6 Å². The Balaban J connectivity index is 1.55. The quantitative estimate of drug-likeness (QED) is 0.449. The predicted octanol–water partition coefficient (Wildman–Crippen LogP) is 3.16. The van der Waals surface area contributed by atoms with Crippen molar-refractivity contribution in [1.29, 1.82) is 0 Å². The number of hydrogen-bond acceptors (Lipinski definition) is 4. The Morgan fingerprint density at radius 3 is 2.67 bits per heavy atom. The van der Waals surface area contributed by atoms with Gasteiger partial charge in [-0.2, -0.15) is 0 Å². The fourth-order valence-electron chi connectivity index (χ4n) is 3.45. The molecular weight excluding hydrogens is 392 g/mol. The molecule has 30 heavy (non-hydrogen) atoms. The lowest BCUT2D eigenvalue weighted by atomic mass is 10.0. The number of nitrogens with one attached hydrogen (secondary N) is 2. The number of imidazole rings is 1. The van der Waals surface area contributed by atoms with E-state index in [2.05, 4.69) is 19.9 Å². The molecule has 0 saturated carbocycles. The zero-order valence-corrected chi connectivity index (χ0v) is 15.3. The maximum absolute atomic E-state index is 14.0. The second-order valence-corrected chi connectivity index (χ2v) is 6.72. The summed E-state index contributed by atoms with van der Waals surface area (Å²) in [6.45, 7) is 0.162. The number of pyridine rings is 2. The Kier molecular flexibility index (Phi) is 4.02. The van der Waals surface area contributed by atoms with Crippen molar-refractivity contribution in [3.8, 4) is 0 Å². The maximum Gasteiger partial charge on any atom is 0.275 e. The summed E-state index contributed by atoms with van der Waals surface area (Å²) in [4.78, 5) is 39.9. The molecule has 0 unspecified atom stereocenters. The molecule has 0 bridgehead atoms. The Bertz CT molecular complexity index is 1450. The number of halogens is 2. The molecule has 0 aliphatic rings. The highest BCUT2D eigenvalue weighted by molar-refractivity contribution is 6.16. The van der Waals surface area contributed by atoms with Crippen LogP contribution in [0.15, 0.2) is 59.8 Å². The van der Waals surface area contributed by atoms with Crippen molar-refractivity contribution in [2.45, 2.75) is 6.54 Å². The predicted molar refractivity (Wildman–Crippen MR) is 105 cm³/mol. The first-order chi connectivity index (χ1) is 14.5. The first-order valence-corrected chi connectivity index (χ1v) is 9.02. The Morgan fingerprint density at radius 1 is 1.10 bits per heavy atom. The minimum absolute atomic E-state index is 0.0196. The standard InChI is InChI=1S/C21H13F2N5O2/c22-13-3-1-4-14(23)17(13)19(29)12-9-25-18-11(12)6-8-28(21(18)30)10-16-26-15-5-2-7-24-20(15)27-16/h1-9,25H,10H2,(H,24,26,27). The lowest BCUT2D eigenvalue weighted by Crippen LogP contribution is -2.20. The minimum Gasteiger partial charge on any atom is -0.356 e. The molecule has 1 aromatic carbocycles. The molecule has 0 amide bonds. The second kappa shape index (κ2) is 6.73. The zero-order chi connectivity index (χ0) is 20.8. The highest BCUT2D eigenvalue weighted by Gasteiger charge is 2.22. The number of rotatable bonds is 4. The zero-order valence-electron chi connectivity index (χ0n) is 15.3. The van der Waals surface area contributed by atoms with Gasteiger partial charge in [-0.3, -0.25) is 9.59 Å². The van der Waals surface area contributed by atoms with Gasteiger partial charge in [-0.1, -0.05) is 6.07 Å². The number of carbonyl (C=O) groups excluding carboxylic acids is 1. The van der Waals surface area contributed by atoms with Crippen LogP contribution in [0.3, 0.4) is 0 Å². The molecule has 2 N–H and O–H groups in total. The summed E-state index contributed by atoms with van der Waals surface area (Å²) in [5, 5.41) is 0.287. The number of ketones is 1. The van der Waals surface area contributed by atoms with E-state index in [4.69, 9.17) is 0 Å². The van der Waals surface area contributed by atoms with Crippen LogP contribution in [0.4, 0.5) is 8.78 Å². The third-order valence-electron chi connectivity index (χ3n) is 4.88. The highest BCUT2D eigenvalue weighted by Crippen LogP contribution is 2.22. The van der Waals surface area contributed by atoms with Crippen LogP contribution in [-0.4, -0.2) is 30.3 Å². The molecule has 4 aromatic heterocycles. The van der Waals surface area contributed by atoms with Crippen LogP contribution in [0, 0.1) is 11.6 Å². The number of hydrogen-bond donors (Lipinski definition) is 2. The SMILES string of the molecule is O=C(c1c(F)cccc1F)c1c[nH]c2c(=O)n(Cc3nc4ncccc4[nH]3)ccc12. The molecule has 0 radical (unpaired) electrons. The van der Waals surface area contributed by atoms with Crippen LogP contribution in [0.5, 0.6) is 0 Å². The van der Waals surface area contributed by atoms with Crippen molar-refractivity contribution in [1.82, 2.24) is 24.5 Å². The van der Waals surface area contributed by atoms with E-state index in [1.54, 1.807) is 18.3 Å². The molecule has 0 saturated heterocycles. The van der Waals surface area contributed by atoms with E-state index >= 15 is 0 Å². The number of fused-ring (bicyclic) bond motifs is 2. The van der Waals surface area contributed by atoms with Crippen molar-refractivity contribution in [2.24, 2.45) is 0 Å². The number of nitrogens with zero attached hydrogens (tertiary/aromatic N) is 3. The fourth-order valence-corrected chi connectivity index (χ4v) is 3.45. The highest BCUT2D eigenvalue weighted by atomic mass is 19.1. The van der Waals surface area contributed by atoms with Gasteiger partial charge in [0.15, 0.2) is 5.65 Å². The van der Waals surface area contributed by atoms with Crippen LogP contribution in [0.2, 0.25) is 0 Å². The summed E-state index contributed by atoms with van der Waals surface area (Å²) in [5.41, 5.74) is 0.423. The van der Waals surface area contributed by atoms with Gasteiger partial charge in [0.25, 0.3) is 5.56 Å². The molecule has 0 fully saturated rings. The Morgan fingerprint density at radius 2 is 1.90 bits per heavy atom. The third kappa shape index (κ3) is 2.79. The van der Waals surface area contributed by atoms with Gasteiger partial charge >= 0.3 is 0 Å². The van der Waals surface area contributed by atoms with Crippen molar-refractivity contribution in [3.63, 3.8) is 0 Å². The van der Waals surface area contributed by atoms with Crippen LogP contribution in [-0.2, 0) is 6.54 Å². The summed E-state index contributed by atoms with van der Waals surface area (Å²) in [6, 6.07) is 8.37. The first-order valence-electron chi connectivity index (χ1n) is 9.02. The lowest BCUT2D eigenvalue weighted by Gasteiger charge is -2.05. The van der Waals surface area contributed by atoms with Gasteiger partial charge in [0.2, 0.25) is 5.78 Å². The Hall–Kier alpha value is -4.14. The topological polar surface area (TPSA) is 96.4 Å². The number of aromatic amines is 2. The molecule has 0 aliphatic carbocycles. The molecule has 5 rings (SSSR count). The first kappa shape index (κ1) is 17.9. The average molecular weight is 405 g/mol. The number of carbonyl (C=O) groups is 1. The van der Waals surface area contributed by atoms with E-state index in [1.807, 2.05) is 6.07 Å². The molecule has 0 atom stereocenters. The van der Waals surface area contributed by atoms with Gasteiger partial charge in [-0.25, -0.2) is 18.7 Å². The number of benzene rings is 1. The van der Waals surface area contributed by atoms with Gasteiger partial charge in [0, 0.05) is 29.5 Å². The van der Waals surface area contributed by atoms with Crippen molar-refractivity contribution >= 4 is 27.9 Å². The number of H-pyrrole nitrogens is 2. The van der Waals surface area contributed by atoms with Gasteiger partial charge in [-0.05, 0) is 30.3 Å². The summed E-state index contributed by atoms with van der Waals surface area (Å²) in [7, 11) is 0. The van der Waals surface area contributed by atoms with Crippen LogP contribution < -0.4 is 5.56 Å². The lowest BCUT2D eigenvalue weighted by molar-refractivity contribution is 0.103. The number of aromatic nitrogens is 5. The summed E-state index contributed by atoms with van der Waals surface area (Å²) in [5.74, 6) is -2.21. The van der Waals surface area contributed by atoms with Gasteiger partial charge in [0.05, 0.1) is 17.6 Å². The molecular formula is C21H13F2N5O2. The largest absolute Gasteiger partial charge is 0.356 e. The molecule has 0 spiro atoms. The molecule has 4 heterocycles. The average Bonchev–Trinajstić information content (AvgIpc) is 3.34. The smallest absolute Gasteiger partial charge is 0.275 e. The van der Waals surface area contributed by atoms with Crippen molar-refractivity contribution in [2.75, 3.05) is 0 Å². The monoisotopic (exact) mass is 405 g/mol. The molecule has 9 heteroatoms.